The number of nitrogens with one attached hydrogen (secondary N) is 2. The van der Waals surface area contributed by atoms with Gasteiger partial charge < -0.3 is 15.4 Å². The van der Waals surface area contributed by atoms with E-state index in [-0.39, 0.29) is 11.8 Å². The summed E-state index contributed by atoms with van der Waals surface area (Å²) in [7, 11) is 0. The number of hydrogen-bond donors (Lipinski definition) is 2. The topological polar surface area (TPSA) is 50.4 Å². The van der Waals surface area contributed by atoms with Gasteiger partial charge in [-0.2, -0.15) is 0 Å². The molecule has 4 nitrogen and oxygen atoms in total. The number of amides is 1. The highest BCUT2D eigenvalue weighted by molar-refractivity contribution is 5.79. The van der Waals surface area contributed by atoms with Crippen LogP contribution in [0.2, 0.25) is 0 Å². The fourth-order valence-corrected chi connectivity index (χ4v) is 2.31. The Morgan fingerprint density at radius 1 is 1.40 bits per heavy atom. The Morgan fingerprint density at radius 2 is 2.15 bits per heavy atom. The van der Waals surface area contributed by atoms with Gasteiger partial charge in [0.1, 0.15) is 12.4 Å². The molecule has 1 saturated heterocycles. The fourth-order valence-electron chi connectivity index (χ4n) is 2.31. The molecule has 1 fully saturated rings. The summed E-state index contributed by atoms with van der Waals surface area (Å²) in [6.07, 6.45) is 0.934. The van der Waals surface area contributed by atoms with Crippen molar-refractivity contribution < 1.29 is 9.53 Å². The predicted octanol–water partition coefficient (Wildman–Crippen LogP) is 1.91. The molecule has 1 heterocycles. The number of ether oxygens (including phenoxy) is 1. The van der Waals surface area contributed by atoms with E-state index in [2.05, 4.69) is 36.6 Å². The van der Waals surface area contributed by atoms with Gasteiger partial charge in [-0.25, -0.2) is 0 Å². The molecule has 0 radical (unpaired) electrons. The lowest BCUT2D eigenvalue weighted by molar-refractivity contribution is -0.124. The molecule has 2 rings (SSSR count). The molecule has 1 unspecified atom stereocenters. The largest absolute Gasteiger partial charge is 0.492 e. The van der Waals surface area contributed by atoms with Crippen molar-refractivity contribution in [1.82, 2.24) is 10.6 Å². The van der Waals surface area contributed by atoms with E-state index in [1.807, 2.05) is 12.1 Å². The molecule has 1 aliphatic heterocycles. The highest BCUT2D eigenvalue weighted by Gasteiger charge is 2.21. The maximum absolute atomic E-state index is 11.8. The van der Waals surface area contributed by atoms with Crippen LogP contribution >= 0.6 is 0 Å². The van der Waals surface area contributed by atoms with Gasteiger partial charge in [-0.05, 0) is 36.6 Å². The summed E-state index contributed by atoms with van der Waals surface area (Å²) in [6, 6.07) is 8.14. The van der Waals surface area contributed by atoms with Gasteiger partial charge >= 0.3 is 0 Å². The fraction of sp³-hybridized carbons (Fsp3) is 0.562. The summed E-state index contributed by atoms with van der Waals surface area (Å²) in [5.74, 6) is 1.64. The van der Waals surface area contributed by atoms with Gasteiger partial charge in [-0.1, -0.05) is 26.0 Å². The number of rotatable bonds is 6. The smallest absolute Gasteiger partial charge is 0.224 e. The first kappa shape index (κ1) is 14.9. The van der Waals surface area contributed by atoms with Crippen molar-refractivity contribution in [2.75, 3.05) is 26.2 Å². The molecule has 1 aromatic rings. The zero-order chi connectivity index (χ0) is 14.4. The second-order valence-corrected chi connectivity index (χ2v) is 5.55. The van der Waals surface area contributed by atoms with E-state index in [0.29, 0.717) is 19.1 Å². The van der Waals surface area contributed by atoms with Crippen molar-refractivity contribution in [1.29, 1.82) is 0 Å². The average Bonchev–Trinajstić information content (AvgIpc) is 2.98. The molecule has 0 aromatic heterocycles. The van der Waals surface area contributed by atoms with Crippen molar-refractivity contribution in [3.63, 3.8) is 0 Å². The van der Waals surface area contributed by atoms with E-state index in [1.54, 1.807) is 0 Å². The number of carbonyl (C=O) groups excluding carboxylic acids is 1. The number of carbonyl (C=O) groups is 1. The second kappa shape index (κ2) is 7.29. The van der Waals surface area contributed by atoms with Crippen molar-refractivity contribution in [3.8, 4) is 5.75 Å². The van der Waals surface area contributed by atoms with Crippen LogP contribution in [0, 0.1) is 5.92 Å². The van der Waals surface area contributed by atoms with Gasteiger partial charge in [0.05, 0.1) is 12.5 Å². The average molecular weight is 276 g/mol. The molecule has 110 valence electrons. The summed E-state index contributed by atoms with van der Waals surface area (Å²) in [6.45, 7) is 7.14. The van der Waals surface area contributed by atoms with Crippen LogP contribution in [0.3, 0.4) is 0 Å². The predicted molar refractivity (Wildman–Crippen MR) is 80.0 cm³/mol. The Bertz CT molecular complexity index is 423. The first-order chi connectivity index (χ1) is 9.66. The molecular weight excluding hydrogens is 252 g/mol. The normalized spacial score (nSPS) is 18.2. The molecule has 1 aliphatic rings. The number of hydrogen-bond acceptors (Lipinski definition) is 3. The molecule has 4 heteroatoms. The third-order valence-corrected chi connectivity index (χ3v) is 3.65. The Hall–Kier alpha value is -1.55. The van der Waals surface area contributed by atoms with E-state index < -0.39 is 0 Å². The zero-order valence-corrected chi connectivity index (χ0v) is 12.3. The lowest BCUT2D eigenvalue weighted by Crippen LogP contribution is -2.34. The van der Waals surface area contributed by atoms with Crippen LogP contribution in [-0.4, -0.2) is 32.1 Å². The minimum atomic E-state index is 0.125. The van der Waals surface area contributed by atoms with E-state index in [0.717, 1.165) is 25.3 Å². The molecule has 1 amide bonds. The molecule has 1 atom stereocenters. The van der Waals surface area contributed by atoms with Crippen LogP contribution in [-0.2, 0) is 4.79 Å². The van der Waals surface area contributed by atoms with Crippen LogP contribution < -0.4 is 15.4 Å². The first-order valence-corrected chi connectivity index (χ1v) is 7.38. The van der Waals surface area contributed by atoms with Crippen LogP contribution in [0.1, 0.15) is 31.7 Å². The quantitative estimate of drug-likeness (QED) is 0.780. The molecule has 0 aliphatic carbocycles. The Balaban J connectivity index is 1.66. The Labute approximate surface area is 120 Å². The minimum absolute atomic E-state index is 0.125. The molecule has 20 heavy (non-hydrogen) atoms. The van der Waals surface area contributed by atoms with Crippen molar-refractivity contribution in [3.05, 3.63) is 29.8 Å². The zero-order valence-electron chi connectivity index (χ0n) is 12.3. The molecule has 2 N–H and O–H groups in total. The maximum Gasteiger partial charge on any atom is 0.224 e. The van der Waals surface area contributed by atoms with E-state index in [1.165, 1.54) is 5.56 Å². The molecule has 0 saturated carbocycles. The Morgan fingerprint density at radius 3 is 2.75 bits per heavy atom. The molecule has 1 aromatic carbocycles. The van der Waals surface area contributed by atoms with Gasteiger partial charge in [-0.15, -0.1) is 0 Å². The lowest BCUT2D eigenvalue weighted by atomic mass is 10.0. The Kier molecular flexibility index (Phi) is 5.41. The molecule has 0 bridgehead atoms. The van der Waals surface area contributed by atoms with Crippen LogP contribution in [0.5, 0.6) is 5.75 Å². The summed E-state index contributed by atoms with van der Waals surface area (Å²) in [5.41, 5.74) is 1.30. The van der Waals surface area contributed by atoms with E-state index in [4.69, 9.17) is 4.74 Å². The van der Waals surface area contributed by atoms with Crippen molar-refractivity contribution >= 4 is 5.91 Å². The third-order valence-electron chi connectivity index (χ3n) is 3.65. The monoisotopic (exact) mass is 276 g/mol. The number of benzene rings is 1. The summed E-state index contributed by atoms with van der Waals surface area (Å²) < 4.78 is 5.62. The summed E-state index contributed by atoms with van der Waals surface area (Å²) in [5, 5.41) is 6.11. The highest BCUT2D eigenvalue weighted by atomic mass is 16.5. The van der Waals surface area contributed by atoms with Gasteiger partial charge in [0.2, 0.25) is 5.91 Å². The SMILES string of the molecule is CC(C)c1ccc(OCCNC(=O)C2CCNC2)cc1. The van der Waals surface area contributed by atoms with Gasteiger partial charge in [0, 0.05) is 6.54 Å². The summed E-state index contributed by atoms with van der Waals surface area (Å²) >= 11 is 0. The van der Waals surface area contributed by atoms with Crippen LogP contribution in [0.4, 0.5) is 0 Å². The maximum atomic E-state index is 11.8. The first-order valence-electron chi connectivity index (χ1n) is 7.38. The molecular formula is C16H24N2O2. The van der Waals surface area contributed by atoms with Gasteiger partial charge in [0.15, 0.2) is 0 Å². The lowest BCUT2D eigenvalue weighted by Gasteiger charge is -2.11. The molecule has 0 spiro atoms. The third kappa shape index (κ3) is 4.23. The standard InChI is InChI=1S/C16H24N2O2/c1-12(2)13-3-5-15(6-4-13)20-10-9-18-16(19)14-7-8-17-11-14/h3-6,12,14,17H,7-11H2,1-2H3,(H,18,19). The van der Waals surface area contributed by atoms with Crippen molar-refractivity contribution in [2.24, 2.45) is 5.92 Å². The van der Waals surface area contributed by atoms with Crippen LogP contribution in [0.25, 0.3) is 0 Å². The minimum Gasteiger partial charge on any atom is -0.492 e. The van der Waals surface area contributed by atoms with E-state index in [9.17, 15) is 4.79 Å². The van der Waals surface area contributed by atoms with E-state index >= 15 is 0 Å². The summed E-state index contributed by atoms with van der Waals surface area (Å²) in [4.78, 5) is 11.8. The van der Waals surface area contributed by atoms with Crippen LogP contribution in [0.15, 0.2) is 24.3 Å². The second-order valence-electron chi connectivity index (χ2n) is 5.55. The van der Waals surface area contributed by atoms with Gasteiger partial charge in [0.25, 0.3) is 0 Å². The highest BCUT2D eigenvalue weighted by Crippen LogP contribution is 2.18. The van der Waals surface area contributed by atoms with Crippen molar-refractivity contribution in [2.45, 2.75) is 26.2 Å². The van der Waals surface area contributed by atoms with Gasteiger partial charge in [-0.3, -0.25) is 4.79 Å².